The van der Waals surface area contributed by atoms with Crippen LogP contribution >= 0.6 is 0 Å². The van der Waals surface area contributed by atoms with E-state index in [1.165, 1.54) is 34.9 Å². The van der Waals surface area contributed by atoms with Crippen molar-refractivity contribution in [2.24, 2.45) is 11.5 Å². The average Bonchev–Trinajstić information content (AvgIpc) is 3.15. The third kappa shape index (κ3) is 5.00. The molecule has 0 fully saturated rings. The van der Waals surface area contributed by atoms with Crippen LogP contribution in [0.4, 0.5) is 33.7 Å². The van der Waals surface area contributed by atoms with Crippen molar-refractivity contribution in [3.05, 3.63) is 71.3 Å². The van der Waals surface area contributed by atoms with Crippen molar-refractivity contribution in [2.45, 2.75) is 19.6 Å². The zero-order chi connectivity index (χ0) is 25.2. The molecule has 0 saturated heterocycles. The molecular weight excluding hydrogens is 458 g/mol. The van der Waals surface area contributed by atoms with Crippen LogP contribution in [-0.2, 0) is 12.7 Å². The van der Waals surface area contributed by atoms with Crippen molar-refractivity contribution in [2.75, 3.05) is 10.6 Å². The number of nitrogens with zero attached hydrogens (tertiary/aromatic N) is 1. The predicted molar refractivity (Wildman–Crippen MR) is 117 cm³/mol. The standard InChI is InChI=1S/C22H19F4N5O3/c1-2-31-17(19(27)32)10-14(18(31)20(28)33)11-3-6-13(7-4-11)29-21(34)30-16-9-12(22(24,25)26)5-8-15(16)23/h3-10H,2H2,1H3,(H2,27,32)(H2,28,33)(H2,29,30,34). The first-order valence-corrected chi connectivity index (χ1v) is 9.80. The second-order valence-electron chi connectivity index (χ2n) is 7.11. The summed E-state index contributed by atoms with van der Waals surface area (Å²) in [6.45, 7) is 1.98. The number of alkyl halides is 3. The quantitative estimate of drug-likeness (QED) is 0.397. The lowest BCUT2D eigenvalue weighted by Gasteiger charge is -2.12. The molecule has 0 bridgehead atoms. The van der Waals surface area contributed by atoms with E-state index >= 15 is 0 Å². The topological polar surface area (TPSA) is 132 Å². The number of halogens is 4. The molecule has 1 heterocycles. The number of anilines is 2. The minimum atomic E-state index is -4.70. The molecule has 3 aromatic rings. The fourth-order valence-corrected chi connectivity index (χ4v) is 3.38. The number of primary amides is 2. The van der Waals surface area contributed by atoms with E-state index in [0.717, 1.165) is 0 Å². The summed E-state index contributed by atoms with van der Waals surface area (Å²) in [5.74, 6) is -2.55. The van der Waals surface area contributed by atoms with Gasteiger partial charge in [-0.15, -0.1) is 0 Å². The molecule has 0 spiro atoms. The molecule has 4 amide bonds. The Morgan fingerprint density at radius 1 is 0.941 bits per heavy atom. The van der Waals surface area contributed by atoms with Gasteiger partial charge in [0.25, 0.3) is 11.8 Å². The third-order valence-electron chi connectivity index (χ3n) is 4.89. The average molecular weight is 477 g/mol. The van der Waals surface area contributed by atoms with Gasteiger partial charge in [-0.2, -0.15) is 13.2 Å². The van der Waals surface area contributed by atoms with Crippen LogP contribution < -0.4 is 22.1 Å². The SMILES string of the molecule is CCn1c(C(N)=O)cc(-c2ccc(NC(=O)Nc3cc(C(F)(F)F)ccc3F)cc2)c1C(N)=O. The number of carbonyl (C=O) groups excluding carboxylic acids is 3. The molecule has 12 heteroatoms. The van der Waals surface area contributed by atoms with Crippen molar-refractivity contribution >= 4 is 29.2 Å². The molecule has 0 atom stereocenters. The van der Waals surface area contributed by atoms with Crippen LogP contribution in [0.5, 0.6) is 0 Å². The van der Waals surface area contributed by atoms with Crippen molar-refractivity contribution < 1.29 is 31.9 Å². The number of hydrogen-bond donors (Lipinski definition) is 4. The van der Waals surface area contributed by atoms with E-state index in [-0.39, 0.29) is 23.6 Å². The van der Waals surface area contributed by atoms with Crippen LogP contribution in [0.1, 0.15) is 33.5 Å². The maximum atomic E-state index is 13.8. The highest BCUT2D eigenvalue weighted by molar-refractivity contribution is 6.03. The number of benzene rings is 2. The van der Waals surface area contributed by atoms with Crippen LogP contribution in [-0.4, -0.2) is 22.4 Å². The molecule has 0 aliphatic heterocycles. The Kier molecular flexibility index (Phi) is 6.61. The molecule has 2 aromatic carbocycles. The summed E-state index contributed by atoms with van der Waals surface area (Å²) >= 11 is 0. The molecule has 34 heavy (non-hydrogen) atoms. The highest BCUT2D eigenvalue weighted by atomic mass is 19.4. The summed E-state index contributed by atoms with van der Waals surface area (Å²) in [4.78, 5) is 35.9. The highest BCUT2D eigenvalue weighted by Gasteiger charge is 2.31. The Balaban J connectivity index is 1.82. The fourth-order valence-electron chi connectivity index (χ4n) is 3.38. The molecule has 0 aliphatic rings. The fraction of sp³-hybridized carbons (Fsp3) is 0.136. The van der Waals surface area contributed by atoms with Crippen molar-refractivity contribution in [3.63, 3.8) is 0 Å². The Labute approximate surface area is 190 Å². The number of aromatic nitrogens is 1. The first kappa shape index (κ1) is 24.3. The van der Waals surface area contributed by atoms with E-state index in [9.17, 15) is 31.9 Å². The predicted octanol–water partition coefficient (Wildman–Crippen LogP) is 4.17. The second kappa shape index (κ2) is 9.25. The molecule has 0 aliphatic carbocycles. The summed E-state index contributed by atoms with van der Waals surface area (Å²) in [5, 5.41) is 4.40. The summed E-state index contributed by atoms with van der Waals surface area (Å²) in [6.07, 6.45) is -4.70. The van der Waals surface area contributed by atoms with Crippen LogP contribution in [0.25, 0.3) is 11.1 Å². The molecule has 1 aromatic heterocycles. The monoisotopic (exact) mass is 477 g/mol. The molecule has 178 valence electrons. The molecular formula is C22H19F4N5O3. The molecule has 3 rings (SSSR count). The summed E-state index contributed by atoms with van der Waals surface area (Å²) in [6, 6.07) is 8.02. The van der Waals surface area contributed by atoms with Crippen molar-refractivity contribution in [1.29, 1.82) is 0 Å². The number of nitrogens with two attached hydrogens (primary N) is 2. The lowest BCUT2D eigenvalue weighted by molar-refractivity contribution is -0.137. The van der Waals surface area contributed by atoms with E-state index in [1.807, 2.05) is 5.32 Å². The largest absolute Gasteiger partial charge is 0.416 e. The van der Waals surface area contributed by atoms with Gasteiger partial charge in [-0.05, 0) is 48.9 Å². The van der Waals surface area contributed by atoms with Gasteiger partial charge in [0.15, 0.2) is 0 Å². The molecule has 0 unspecified atom stereocenters. The van der Waals surface area contributed by atoms with Crippen LogP contribution in [0.15, 0.2) is 48.5 Å². The molecule has 0 radical (unpaired) electrons. The molecule has 8 nitrogen and oxygen atoms in total. The van der Waals surface area contributed by atoms with Gasteiger partial charge in [-0.25, -0.2) is 9.18 Å². The number of rotatable bonds is 6. The second-order valence-corrected chi connectivity index (χ2v) is 7.11. The van der Waals surface area contributed by atoms with Gasteiger partial charge in [-0.1, -0.05) is 12.1 Å². The van der Waals surface area contributed by atoms with E-state index in [1.54, 1.807) is 6.92 Å². The first-order valence-electron chi connectivity index (χ1n) is 9.80. The van der Waals surface area contributed by atoms with Gasteiger partial charge in [0.05, 0.1) is 11.3 Å². The van der Waals surface area contributed by atoms with E-state index in [2.05, 4.69) is 5.32 Å². The van der Waals surface area contributed by atoms with E-state index in [4.69, 9.17) is 11.5 Å². The van der Waals surface area contributed by atoms with Crippen LogP contribution in [0.3, 0.4) is 0 Å². The number of amides is 4. The maximum absolute atomic E-state index is 13.8. The molecule has 6 N–H and O–H groups in total. The minimum Gasteiger partial charge on any atom is -0.364 e. The van der Waals surface area contributed by atoms with Crippen LogP contribution in [0, 0.1) is 5.82 Å². The highest BCUT2D eigenvalue weighted by Crippen LogP contribution is 2.32. The smallest absolute Gasteiger partial charge is 0.364 e. The van der Waals surface area contributed by atoms with Gasteiger partial charge in [-0.3, -0.25) is 9.59 Å². The van der Waals surface area contributed by atoms with Gasteiger partial charge in [0.2, 0.25) is 0 Å². The lowest BCUT2D eigenvalue weighted by atomic mass is 10.0. The number of nitrogens with one attached hydrogen (secondary N) is 2. The van der Waals surface area contributed by atoms with Crippen LogP contribution in [0.2, 0.25) is 0 Å². The van der Waals surface area contributed by atoms with Gasteiger partial charge in [0.1, 0.15) is 17.2 Å². The number of urea groups is 1. The Morgan fingerprint density at radius 3 is 2.12 bits per heavy atom. The third-order valence-corrected chi connectivity index (χ3v) is 4.89. The minimum absolute atomic E-state index is 0.0785. The van der Waals surface area contributed by atoms with E-state index < -0.39 is 41.1 Å². The summed E-state index contributed by atoms with van der Waals surface area (Å²) in [7, 11) is 0. The zero-order valence-electron chi connectivity index (χ0n) is 17.7. The number of carbonyl (C=O) groups is 3. The van der Waals surface area contributed by atoms with Gasteiger partial charge < -0.3 is 26.7 Å². The Hall–Kier alpha value is -4.35. The van der Waals surface area contributed by atoms with Crippen molar-refractivity contribution in [1.82, 2.24) is 4.57 Å². The summed E-state index contributed by atoms with van der Waals surface area (Å²) < 4.78 is 53.7. The van der Waals surface area contributed by atoms with Gasteiger partial charge >= 0.3 is 12.2 Å². The Morgan fingerprint density at radius 2 is 1.59 bits per heavy atom. The first-order chi connectivity index (χ1) is 15.9. The normalized spacial score (nSPS) is 11.2. The van der Waals surface area contributed by atoms with E-state index in [0.29, 0.717) is 29.3 Å². The molecule has 0 saturated carbocycles. The maximum Gasteiger partial charge on any atom is 0.416 e. The zero-order valence-corrected chi connectivity index (χ0v) is 17.7. The number of hydrogen-bond acceptors (Lipinski definition) is 3. The van der Waals surface area contributed by atoms with Gasteiger partial charge in [0, 0.05) is 17.8 Å². The van der Waals surface area contributed by atoms with Crippen molar-refractivity contribution in [3.8, 4) is 11.1 Å². The lowest BCUT2D eigenvalue weighted by Crippen LogP contribution is -2.22. The summed E-state index contributed by atoms with van der Waals surface area (Å²) in [5.41, 5.74) is 10.3. The Bertz CT molecular complexity index is 1270.